The molecule has 4 rings (SSSR count). The van der Waals surface area contributed by atoms with Gasteiger partial charge < -0.3 is 4.92 Å². The Morgan fingerprint density at radius 2 is 1.23 bits per heavy atom. The molecule has 26 heavy (non-hydrogen) atoms. The fourth-order valence-corrected chi connectivity index (χ4v) is 3.14. The molecule has 1 aliphatic rings. The number of hydrogen-bond donors (Lipinski definition) is 0. The third-order valence-corrected chi connectivity index (χ3v) is 4.40. The zero-order valence-electron chi connectivity index (χ0n) is 14.6. The molecule has 1 atom stereocenters. The van der Waals surface area contributed by atoms with E-state index in [9.17, 15) is 0 Å². The molecule has 0 N–H and O–H groups in total. The van der Waals surface area contributed by atoms with Crippen LogP contribution in [0.3, 0.4) is 0 Å². The van der Waals surface area contributed by atoms with Crippen molar-refractivity contribution in [3.05, 3.63) is 91.0 Å². The van der Waals surface area contributed by atoms with Crippen LogP contribution in [-0.4, -0.2) is 38.4 Å². The Balaban J connectivity index is 1.52. The molecule has 0 aromatic heterocycles. The minimum atomic E-state index is 0.215. The summed E-state index contributed by atoms with van der Waals surface area (Å²) in [6.45, 7) is 0. The predicted molar refractivity (Wildman–Crippen MR) is 113 cm³/mol. The van der Waals surface area contributed by atoms with Crippen molar-refractivity contribution in [2.45, 2.75) is 12.4 Å². The third-order valence-electron chi connectivity index (χ3n) is 4.40. The summed E-state index contributed by atoms with van der Waals surface area (Å²) < 4.78 is 0. The maximum absolute atomic E-state index is 4.86. The Hall–Kier alpha value is -2.68. The van der Waals surface area contributed by atoms with Gasteiger partial charge in [0.25, 0.3) is 0 Å². The van der Waals surface area contributed by atoms with E-state index in [-0.39, 0.29) is 5.94 Å². The van der Waals surface area contributed by atoms with E-state index in [0.29, 0.717) is 0 Å². The van der Waals surface area contributed by atoms with E-state index in [1.54, 1.807) is 0 Å². The van der Waals surface area contributed by atoms with Gasteiger partial charge in [-0.25, -0.2) is 5.10 Å². The second-order valence-corrected chi connectivity index (χ2v) is 6.41. The van der Waals surface area contributed by atoms with Crippen molar-refractivity contribution in [1.82, 2.24) is 4.92 Å². The molecule has 1 heterocycles. The molecule has 0 aliphatic carbocycles. The maximum Gasteiger partial charge on any atom is 0.308 e. The minimum Gasteiger partial charge on any atom is -0.345 e. The highest BCUT2D eigenvalue weighted by molar-refractivity contribution is 6.86. The number of nitrogens with zero attached hydrogens (tertiary/aromatic N) is 2. The van der Waals surface area contributed by atoms with Crippen molar-refractivity contribution >= 4 is 44.0 Å². The standard InChI is InChI=1S/C21H18B3N2/c1-4-10-17(11-5-1)22-20-16-21(23-18-12-6-2-7-13-18)26(25-20)24-19-14-8-3-9-15-19/h1-15,21H,16H2. The Labute approximate surface area is 157 Å². The van der Waals surface area contributed by atoms with Gasteiger partial charge in [-0.3, -0.25) is 0 Å². The Kier molecular flexibility index (Phi) is 5.25. The van der Waals surface area contributed by atoms with E-state index >= 15 is 0 Å². The Morgan fingerprint density at radius 1 is 0.692 bits per heavy atom. The van der Waals surface area contributed by atoms with Crippen LogP contribution < -0.4 is 16.4 Å². The SMILES string of the molecule is [B](C1=NN([B]c2ccccc2)C([B]c2ccccc2)C1)c1ccccc1. The zero-order valence-corrected chi connectivity index (χ0v) is 14.6. The highest BCUT2D eigenvalue weighted by Crippen LogP contribution is 2.13. The summed E-state index contributed by atoms with van der Waals surface area (Å²) in [5, 5.41) is 4.86. The fourth-order valence-electron chi connectivity index (χ4n) is 3.14. The van der Waals surface area contributed by atoms with Crippen LogP contribution in [0.4, 0.5) is 0 Å². The molecule has 3 radical (unpaired) electrons. The summed E-state index contributed by atoms with van der Waals surface area (Å²) in [7, 11) is 6.58. The van der Waals surface area contributed by atoms with Crippen molar-refractivity contribution in [2.24, 2.45) is 5.10 Å². The summed E-state index contributed by atoms with van der Waals surface area (Å²) in [4.78, 5) is 2.08. The quantitative estimate of drug-likeness (QED) is 0.623. The summed E-state index contributed by atoms with van der Waals surface area (Å²) in [6.07, 6.45) is 0.896. The molecule has 0 saturated heterocycles. The molecule has 3 aromatic carbocycles. The lowest BCUT2D eigenvalue weighted by atomic mass is 9.56. The first kappa shape index (κ1) is 16.8. The van der Waals surface area contributed by atoms with Gasteiger partial charge in [-0.1, -0.05) is 107 Å². The second kappa shape index (κ2) is 8.14. The average Bonchev–Trinajstić information content (AvgIpc) is 3.05. The molecule has 5 heteroatoms. The van der Waals surface area contributed by atoms with Gasteiger partial charge in [0.05, 0.1) is 0 Å². The molecule has 0 spiro atoms. The van der Waals surface area contributed by atoms with Crippen LogP contribution in [0.5, 0.6) is 0 Å². The van der Waals surface area contributed by atoms with Gasteiger partial charge in [-0.15, -0.1) is 0 Å². The van der Waals surface area contributed by atoms with Gasteiger partial charge in [-0.2, -0.15) is 0 Å². The first-order valence-corrected chi connectivity index (χ1v) is 8.92. The molecule has 0 bridgehead atoms. The molecule has 121 valence electrons. The van der Waals surface area contributed by atoms with E-state index < -0.39 is 0 Å². The first-order valence-electron chi connectivity index (χ1n) is 8.92. The molecular weight excluding hydrogens is 313 g/mol. The Morgan fingerprint density at radius 3 is 1.85 bits per heavy atom. The molecule has 0 amide bonds. The average molecular weight is 331 g/mol. The normalized spacial score (nSPS) is 16.1. The van der Waals surface area contributed by atoms with Crippen LogP contribution in [0.2, 0.25) is 0 Å². The van der Waals surface area contributed by atoms with Crippen molar-refractivity contribution in [3.8, 4) is 0 Å². The van der Waals surface area contributed by atoms with E-state index in [2.05, 4.69) is 99.7 Å². The van der Waals surface area contributed by atoms with Crippen LogP contribution >= 0.6 is 0 Å². The maximum atomic E-state index is 4.86. The monoisotopic (exact) mass is 331 g/mol. The Bertz CT molecular complexity index is 854. The summed E-state index contributed by atoms with van der Waals surface area (Å²) in [5.74, 6) is 0.215. The summed E-state index contributed by atoms with van der Waals surface area (Å²) in [5.41, 5.74) is 4.66. The molecule has 1 unspecified atom stereocenters. The lowest BCUT2D eigenvalue weighted by Crippen LogP contribution is -2.43. The lowest BCUT2D eigenvalue weighted by molar-refractivity contribution is 0.481. The number of benzene rings is 3. The van der Waals surface area contributed by atoms with Crippen LogP contribution in [0.15, 0.2) is 96.1 Å². The lowest BCUT2D eigenvalue weighted by Gasteiger charge is -2.23. The molecule has 1 aliphatic heterocycles. The third kappa shape index (κ3) is 4.29. The van der Waals surface area contributed by atoms with Crippen molar-refractivity contribution in [2.75, 3.05) is 0 Å². The summed E-state index contributed by atoms with van der Waals surface area (Å²) >= 11 is 0. The first-order chi connectivity index (χ1) is 12.9. The highest BCUT2D eigenvalue weighted by Gasteiger charge is 2.28. The van der Waals surface area contributed by atoms with E-state index in [1.807, 2.05) is 18.2 Å². The van der Waals surface area contributed by atoms with Crippen LogP contribution in [0.1, 0.15) is 6.42 Å². The topological polar surface area (TPSA) is 15.6 Å². The van der Waals surface area contributed by atoms with Gasteiger partial charge in [0.2, 0.25) is 7.28 Å². The van der Waals surface area contributed by atoms with Crippen LogP contribution in [-0.2, 0) is 0 Å². The van der Waals surface area contributed by atoms with Crippen LogP contribution in [0.25, 0.3) is 0 Å². The highest BCUT2D eigenvalue weighted by atomic mass is 15.4. The number of hydrogen-bond acceptors (Lipinski definition) is 2. The minimum absolute atomic E-state index is 0.215. The van der Waals surface area contributed by atoms with Crippen molar-refractivity contribution < 1.29 is 0 Å². The van der Waals surface area contributed by atoms with Crippen molar-refractivity contribution in [1.29, 1.82) is 0 Å². The molecule has 3 aromatic rings. The number of hydrazone groups is 1. The smallest absolute Gasteiger partial charge is 0.308 e. The second-order valence-electron chi connectivity index (χ2n) is 6.41. The van der Waals surface area contributed by atoms with E-state index in [1.165, 1.54) is 10.9 Å². The molecular formula is C21H18B3N2. The van der Waals surface area contributed by atoms with E-state index in [0.717, 1.165) is 17.5 Å². The van der Waals surface area contributed by atoms with Crippen molar-refractivity contribution in [3.63, 3.8) is 0 Å². The largest absolute Gasteiger partial charge is 0.345 e. The van der Waals surface area contributed by atoms with Gasteiger partial charge in [-0.05, 0) is 6.42 Å². The molecule has 0 fully saturated rings. The predicted octanol–water partition coefficient (Wildman–Crippen LogP) is 1.34. The molecule has 2 nitrogen and oxygen atoms in total. The molecule has 0 saturated carbocycles. The van der Waals surface area contributed by atoms with Gasteiger partial charge in [0, 0.05) is 11.6 Å². The van der Waals surface area contributed by atoms with E-state index in [4.69, 9.17) is 5.10 Å². The number of rotatable bonds is 6. The van der Waals surface area contributed by atoms with Crippen LogP contribution in [0, 0.1) is 0 Å². The van der Waals surface area contributed by atoms with Gasteiger partial charge >= 0.3 is 7.41 Å². The van der Waals surface area contributed by atoms with Gasteiger partial charge in [0.1, 0.15) is 0 Å². The summed E-state index contributed by atoms with van der Waals surface area (Å²) in [6, 6.07) is 31.2. The fraction of sp³-hybridized carbons (Fsp3) is 0.0952. The van der Waals surface area contributed by atoms with Gasteiger partial charge in [0.15, 0.2) is 7.28 Å². The zero-order chi connectivity index (χ0) is 17.6.